The first kappa shape index (κ1) is 15.9. The van der Waals surface area contributed by atoms with Gasteiger partial charge in [-0.1, -0.05) is 20.3 Å². The lowest BCUT2D eigenvalue weighted by atomic mass is 10.2. The second kappa shape index (κ2) is 6.95. The van der Waals surface area contributed by atoms with Crippen molar-refractivity contribution in [3.63, 3.8) is 0 Å². The van der Waals surface area contributed by atoms with Crippen LogP contribution in [-0.2, 0) is 16.3 Å². The van der Waals surface area contributed by atoms with Crippen LogP contribution in [0.15, 0.2) is 0 Å². The van der Waals surface area contributed by atoms with Crippen molar-refractivity contribution < 1.29 is 8.42 Å². The van der Waals surface area contributed by atoms with Crippen LogP contribution in [0, 0.1) is 5.92 Å². The van der Waals surface area contributed by atoms with Gasteiger partial charge in [-0.2, -0.15) is 0 Å². The van der Waals surface area contributed by atoms with Crippen molar-refractivity contribution in [1.29, 1.82) is 0 Å². The van der Waals surface area contributed by atoms with E-state index in [2.05, 4.69) is 29.4 Å². The summed E-state index contributed by atoms with van der Waals surface area (Å²) in [6.07, 6.45) is 3.26. The molecule has 1 aromatic heterocycles. The van der Waals surface area contributed by atoms with E-state index in [1.807, 2.05) is 0 Å². The molecule has 1 unspecified atom stereocenters. The summed E-state index contributed by atoms with van der Waals surface area (Å²) in [4.78, 5) is 0. The molecule has 0 bridgehead atoms. The first-order chi connectivity index (χ1) is 9.49. The maximum absolute atomic E-state index is 12.1. The zero-order chi connectivity index (χ0) is 14.6. The Kier molecular flexibility index (Phi) is 5.51. The molecule has 0 spiro atoms. The van der Waals surface area contributed by atoms with Crippen LogP contribution in [0.2, 0.25) is 0 Å². The Morgan fingerprint density at radius 1 is 1.35 bits per heavy atom. The van der Waals surface area contributed by atoms with Crippen LogP contribution < -0.4 is 5.32 Å². The Morgan fingerprint density at radius 3 is 2.85 bits per heavy atom. The molecule has 1 aliphatic heterocycles. The quantitative estimate of drug-likeness (QED) is 0.812. The van der Waals surface area contributed by atoms with E-state index in [1.165, 1.54) is 11.3 Å². The minimum Gasteiger partial charge on any atom is -0.316 e. The molecule has 0 aliphatic carbocycles. The van der Waals surface area contributed by atoms with Gasteiger partial charge in [-0.25, -0.2) is 8.42 Å². The van der Waals surface area contributed by atoms with Crippen molar-refractivity contribution >= 4 is 21.2 Å². The fourth-order valence-electron chi connectivity index (χ4n) is 2.32. The topological polar surface area (TPSA) is 72.0 Å². The molecule has 0 radical (unpaired) electrons. The molecule has 7 heteroatoms. The average molecular weight is 317 g/mol. The predicted molar refractivity (Wildman–Crippen MR) is 81.7 cm³/mol. The number of nitrogens with zero attached hydrogens (tertiary/aromatic N) is 2. The van der Waals surface area contributed by atoms with Crippen molar-refractivity contribution in [2.75, 3.05) is 18.8 Å². The van der Waals surface area contributed by atoms with Crippen LogP contribution >= 0.6 is 11.3 Å². The van der Waals surface area contributed by atoms with Gasteiger partial charge in [-0.3, -0.25) is 0 Å². The van der Waals surface area contributed by atoms with E-state index in [1.54, 1.807) is 0 Å². The largest absolute Gasteiger partial charge is 0.316 e. The van der Waals surface area contributed by atoms with E-state index in [9.17, 15) is 8.42 Å². The average Bonchev–Trinajstić information content (AvgIpc) is 2.82. The maximum Gasteiger partial charge on any atom is 0.159 e. The summed E-state index contributed by atoms with van der Waals surface area (Å²) in [5, 5.41) is 12.8. The van der Waals surface area contributed by atoms with E-state index >= 15 is 0 Å². The Labute approximate surface area is 125 Å². The molecule has 20 heavy (non-hydrogen) atoms. The smallest absolute Gasteiger partial charge is 0.159 e. The van der Waals surface area contributed by atoms with Gasteiger partial charge in [0.05, 0.1) is 5.75 Å². The lowest BCUT2D eigenvalue weighted by Crippen LogP contribution is -2.22. The fraction of sp³-hybridized carbons (Fsp3) is 0.846. The SMILES string of the molecule is CC(C)CNCCc1nnc(C2CCCCS2(=O)=O)s1. The normalized spacial score (nSPS) is 22.2. The minimum absolute atomic E-state index is 0.294. The van der Waals surface area contributed by atoms with Crippen LogP contribution in [0.4, 0.5) is 0 Å². The summed E-state index contributed by atoms with van der Waals surface area (Å²) in [7, 11) is -3.01. The molecule has 114 valence electrons. The number of hydrogen-bond acceptors (Lipinski definition) is 6. The van der Waals surface area contributed by atoms with Gasteiger partial charge >= 0.3 is 0 Å². The van der Waals surface area contributed by atoms with E-state index in [4.69, 9.17) is 0 Å². The highest BCUT2D eigenvalue weighted by atomic mass is 32.2. The van der Waals surface area contributed by atoms with Crippen LogP contribution in [-0.4, -0.2) is 37.5 Å². The number of aromatic nitrogens is 2. The fourth-order valence-corrected chi connectivity index (χ4v) is 5.53. The highest BCUT2D eigenvalue weighted by Crippen LogP contribution is 2.34. The summed E-state index contributed by atoms with van der Waals surface area (Å²) in [6.45, 7) is 6.20. The van der Waals surface area contributed by atoms with Crippen LogP contribution in [0.5, 0.6) is 0 Å². The van der Waals surface area contributed by atoms with Gasteiger partial charge in [0.1, 0.15) is 15.3 Å². The van der Waals surface area contributed by atoms with E-state index in [-0.39, 0.29) is 0 Å². The predicted octanol–water partition coefficient (Wildman–Crippen LogP) is 1.97. The zero-order valence-corrected chi connectivity index (χ0v) is 13.8. The third kappa shape index (κ3) is 4.23. The molecule has 0 saturated carbocycles. The minimum atomic E-state index is -3.01. The van der Waals surface area contributed by atoms with Gasteiger partial charge in [-0.05, 0) is 25.3 Å². The summed E-state index contributed by atoms with van der Waals surface area (Å²) < 4.78 is 24.1. The molecule has 1 N–H and O–H groups in total. The van der Waals surface area contributed by atoms with Crippen molar-refractivity contribution in [2.24, 2.45) is 5.92 Å². The third-order valence-electron chi connectivity index (χ3n) is 3.40. The highest BCUT2D eigenvalue weighted by molar-refractivity contribution is 7.91. The maximum atomic E-state index is 12.1. The molecule has 2 heterocycles. The third-order valence-corrected chi connectivity index (χ3v) is 6.83. The molecule has 0 aromatic carbocycles. The van der Waals surface area contributed by atoms with Gasteiger partial charge in [0.25, 0.3) is 0 Å². The van der Waals surface area contributed by atoms with Gasteiger partial charge in [0, 0.05) is 13.0 Å². The van der Waals surface area contributed by atoms with Crippen molar-refractivity contribution in [3.05, 3.63) is 10.0 Å². The molecule has 1 aromatic rings. The van der Waals surface area contributed by atoms with Crippen molar-refractivity contribution in [1.82, 2.24) is 15.5 Å². The summed E-state index contributed by atoms with van der Waals surface area (Å²) in [5.74, 6) is 0.926. The number of nitrogens with one attached hydrogen (secondary N) is 1. The van der Waals surface area contributed by atoms with Gasteiger partial charge in [-0.15, -0.1) is 21.5 Å². The molecular weight excluding hydrogens is 294 g/mol. The first-order valence-corrected chi connectivity index (χ1v) is 9.77. The molecule has 1 saturated heterocycles. The van der Waals surface area contributed by atoms with Crippen LogP contribution in [0.25, 0.3) is 0 Å². The Bertz CT molecular complexity index is 525. The number of rotatable bonds is 6. The van der Waals surface area contributed by atoms with Crippen molar-refractivity contribution in [3.8, 4) is 0 Å². The van der Waals surface area contributed by atoms with E-state index < -0.39 is 15.1 Å². The first-order valence-electron chi connectivity index (χ1n) is 7.23. The standard InChI is InChI=1S/C13H23N3O2S2/c1-10(2)9-14-7-6-12-15-16-13(19-12)11-5-3-4-8-20(11,17)18/h10-11,14H,3-9H2,1-2H3. The van der Waals surface area contributed by atoms with Crippen LogP contribution in [0.1, 0.15) is 48.4 Å². The van der Waals surface area contributed by atoms with Gasteiger partial charge in [0.2, 0.25) is 0 Å². The van der Waals surface area contributed by atoms with E-state index in [0.29, 0.717) is 23.1 Å². The summed E-state index contributed by atoms with van der Waals surface area (Å²) in [5.41, 5.74) is 0. The monoisotopic (exact) mass is 317 g/mol. The van der Waals surface area contributed by atoms with Gasteiger partial charge in [0.15, 0.2) is 9.84 Å². The number of sulfone groups is 1. The Balaban J connectivity index is 1.91. The van der Waals surface area contributed by atoms with E-state index in [0.717, 1.165) is 37.4 Å². The molecule has 1 atom stereocenters. The van der Waals surface area contributed by atoms with Gasteiger partial charge < -0.3 is 5.32 Å². The molecular formula is C13H23N3O2S2. The van der Waals surface area contributed by atoms with Crippen molar-refractivity contribution in [2.45, 2.75) is 44.8 Å². The summed E-state index contributed by atoms with van der Waals surface area (Å²) in [6, 6.07) is 0. The Hall–Kier alpha value is -0.530. The van der Waals surface area contributed by atoms with Crippen LogP contribution in [0.3, 0.4) is 0 Å². The second-order valence-electron chi connectivity index (χ2n) is 5.73. The lowest BCUT2D eigenvalue weighted by molar-refractivity contribution is 0.544. The number of hydrogen-bond donors (Lipinski definition) is 1. The zero-order valence-electron chi connectivity index (χ0n) is 12.1. The molecule has 1 fully saturated rings. The lowest BCUT2D eigenvalue weighted by Gasteiger charge is -2.19. The molecule has 0 amide bonds. The molecule has 1 aliphatic rings. The highest BCUT2D eigenvalue weighted by Gasteiger charge is 2.32. The Morgan fingerprint density at radius 2 is 2.15 bits per heavy atom. The summed E-state index contributed by atoms with van der Waals surface area (Å²) >= 11 is 1.46. The second-order valence-corrected chi connectivity index (χ2v) is 9.13. The molecule has 2 rings (SSSR count). The molecule has 5 nitrogen and oxygen atoms in total.